The van der Waals surface area contributed by atoms with Gasteiger partial charge in [0.15, 0.2) is 0 Å². The summed E-state index contributed by atoms with van der Waals surface area (Å²) in [6.07, 6.45) is 4.45. The lowest BCUT2D eigenvalue weighted by Gasteiger charge is -2.11. The maximum absolute atomic E-state index is 10.4. The van der Waals surface area contributed by atoms with Crippen molar-refractivity contribution >= 4 is 60.3 Å². The van der Waals surface area contributed by atoms with Gasteiger partial charge in [-0.3, -0.25) is 4.57 Å². The second kappa shape index (κ2) is 11.3. The molecule has 0 atom stereocenters. The molecule has 7 heteroatoms. The predicted octanol–water partition coefficient (Wildman–Crippen LogP) is 7.29. The molecule has 0 radical (unpaired) electrons. The molecule has 190 valence electrons. The molecule has 5 nitrogen and oxygen atoms in total. The van der Waals surface area contributed by atoms with Crippen molar-refractivity contribution in [2.45, 2.75) is 25.3 Å². The fourth-order valence-corrected chi connectivity index (χ4v) is 5.68. The molecule has 0 saturated carbocycles. The van der Waals surface area contributed by atoms with Gasteiger partial charge in [0, 0.05) is 43.9 Å². The number of hydrogen-bond acceptors (Lipinski definition) is 4. The van der Waals surface area contributed by atoms with Gasteiger partial charge in [0.25, 0.3) is 4.70 Å². The Kier molecular flexibility index (Phi) is 8.07. The number of fused-ring (bicyclic) bond motifs is 3. The molecule has 37 heavy (non-hydrogen) atoms. The quantitative estimate of drug-likeness (QED) is 0.177. The summed E-state index contributed by atoms with van der Waals surface area (Å²) in [5.41, 5.74) is 4.72. The first kappa shape index (κ1) is 26.5. The highest BCUT2D eigenvalue weighted by molar-refractivity contribution is 7.85. The third-order valence-corrected chi connectivity index (χ3v) is 8.03. The van der Waals surface area contributed by atoms with E-state index in [1.165, 1.54) is 49.4 Å². The van der Waals surface area contributed by atoms with E-state index in [9.17, 15) is 13.0 Å². The number of aromatic nitrogens is 1. The summed E-state index contributed by atoms with van der Waals surface area (Å²) < 4.78 is 34.9. The first-order valence-corrected chi connectivity index (χ1v) is 14.2. The summed E-state index contributed by atoms with van der Waals surface area (Å²) in [5, 5.41) is 3.92. The van der Waals surface area contributed by atoms with Crippen LogP contribution in [-0.4, -0.2) is 31.6 Å². The summed E-state index contributed by atoms with van der Waals surface area (Å²) in [6.45, 7) is 5.01. The molecule has 5 aromatic rings. The van der Waals surface area contributed by atoms with Crippen LogP contribution in [0.5, 0.6) is 0 Å². The highest BCUT2D eigenvalue weighted by atomic mass is 32.2. The SMILES string of the molecule is CCn1c(/C=C/c2ccc(N(C)C)cc2)[s+]c2ccc3ccccc3c21.Cc1ccc(S(=O)(=O)[O-])cc1. The molecule has 0 N–H and O–H groups in total. The number of nitrogens with zero attached hydrogens (tertiary/aromatic N) is 2. The van der Waals surface area contributed by atoms with Crippen LogP contribution in [0.3, 0.4) is 0 Å². The molecular weight excluding hydrogens is 500 g/mol. The first-order valence-electron chi connectivity index (χ1n) is 12.0. The molecule has 0 aliphatic heterocycles. The van der Waals surface area contributed by atoms with Crippen molar-refractivity contribution in [1.29, 1.82) is 0 Å². The van der Waals surface area contributed by atoms with Crippen LogP contribution < -0.4 is 4.90 Å². The largest absolute Gasteiger partial charge is 0.744 e. The molecule has 1 heterocycles. The second-order valence-corrected chi connectivity index (χ2v) is 11.3. The van der Waals surface area contributed by atoms with Crippen molar-refractivity contribution in [2.75, 3.05) is 19.0 Å². The Morgan fingerprint density at radius 1 is 0.892 bits per heavy atom. The van der Waals surface area contributed by atoms with Crippen molar-refractivity contribution in [1.82, 2.24) is 4.57 Å². The van der Waals surface area contributed by atoms with Crippen molar-refractivity contribution in [2.24, 2.45) is 0 Å². The Morgan fingerprint density at radius 3 is 2.19 bits per heavy atom. The third-order valence-electron chi connectivity index (χ3n) is 6.07. The van der Waals surface area contributed by atoms with Crippen LogP contribution in [0.15, 0.2) is 89.8 Å². The lowest BCUT2D eigenvalue weighted by molar-refractivity contribution is 0.463. The highest BCUT2D eigenvalue weighted by Gasteiger charge is 2.20. The Hall–Kier alpha value is -3.52. The van der Waals surface area contributed by atoms with E-state index in [1.54, 1.807) is 12.1 Å². The average molecular weight is 531 g/mol. The van der Waals surface area contributed by atoms with Crippen LogP contribution in [0.4, 0.5) is 5.69 Å². The van der Waals surface area contributed by atoms with Crippen LogP contribution in [-0.2, 0) is 16.7 Å². The number of hydrogen-bond donors (Lipinski definition) is 0. The van der Waals surface area contributed by atoms with E-state index >= 15 is 0 Å². The summed E-state index contributed by atoms with van der Waals surface area (Å²) in [6, 6.07) is 27.6. The fraction of sp³-hybridized carbons (Fsp3) is 0.167. The van der Waals surface area contributed by atoms with Crippen LogP contribution in [0, 0.1) is 6.92 Å². The van der Waals surface area contributed by atoms with Crippen molar-refractivity contribution in [3.8, 4) is 0 Å². The lowest BCUT2D eigenvalue weighted by Crippen LogP contribution is -2.07. The van der Waals surface area contributed by atoms with Crippen molar-refractivity contribution < 1.29 is 13.0 Å². The summed E-state index contributed by atoms with van der Waals surface area (Å²) in [5.74, 6) is 0. The third kappa shape index (κ3) is 6.25. The minimum atomic E-state index is -4.27. The number of aryl methyl sites for hydroxylation is 2. The van der Waals surface area contributed by atoms with Crippen LogP contribution >= 0.6 is 11.3 Å². The van der Waals surface area contributed by atoms with E-state index in [0.29, 0.717) is 0 Å². The van der Waals surface area contributed by atoms with Gasteiger partial charge in [0.2, 0.25) is 11.3 Å². The molecule has 0 unspecified atom stereocenters. The molecule has 0 amide bonds. The molecule has 0 aliphatic rings. The Balaban J connectivity index is 0.000000245. The summed E-state index contributed by atoms with van der Waals surface area (Å²) >= 11 is 1.86. The summed E-state index contributed by atoms with van der Waals surface area (Å²) in [4.78, 5) is 1.94. The van der Waals surface area contributed by atoms with Crippen LogP contribution in [0.2, 0.25) is 0 Å². The Labute approximate surface area is 222 Å². The van der Waals surface area contributed by atoms with Gasteiger partial charge in [-0.25, -0.2) is 8.42 Å². The molecule has 0 bridgehead atoms. The molecule has 0 spiro atoms. The van der Waals surface area contributed by atoms with Crippen molar-refractivity contribution in [3.63, 3.8) is 0 Å². The molecular formula is C30H30N2O3S2. The standard InChI is InChI=1S/C23H23N2S.C7H8O3S/c1-4-25-22(16-11-17-9-13-19(14-10-17)24(2)3)26-21-15-12-18-7-5-6-8-20(18)23(21)25;1-6-2-4-7(5-3-6)11(8,9)10/h5-16H,4H2,1-3H3;2-5H,1H3,(H,8,9,10)/q+1;/p-1/b16-11+;. The lowest BCUT2D eigenvalue weighted by atomic mass is 10.1. The van der Waals surface area contributed by atoms with Gasteiger partial charge in [-0.2, -0.15) is 0 Å². The first-order chi connectivity index (χ1) is 17.7. The van der Waals surface area contributed by atoms with Crippen molar-refractivity contribution in [3.05, 3.63) is 101 Å². The van der Waals surface area contributed by atoms with Gasteiger partial charge in [0.05, 0.1) is 4.90 Å². The topological polar surface area (TPSA) is 65.4 Å². The van der Waals surface area contributed by atoms with E-state index in [2.05, 4.69) is 103 Å². The van der Waals surface area contributed by atoms with Crippen LogP contribution in [0.25, 0.3) is 33.1 Å². The number of benzene rings is 4. The normalized spacial score (nSPS) is 11.6. The maximum Gasteiger partial charge on any atom is 0.305 e. The van der Waals surface area contributed by atoms with Gasteiger partial charge >= 0.3 is 5.01 Å². The van der Waals surface area contributed by atoms with Gasteiger partial charge < -0.3 is 9.45 Å². The zero-order valence-corrected chi connectivity index (χ0v) is 23.0. The van der Waals surface area contributed by atoms with Gasteiger partial charge in [-0.05, 0) is 61.2 Å². The monoisotopic (exact) mass is 530 g/mol. The Morgan fingerprint density at radius 2 is 1.57 bits per heavy atom. The van der Waals surface area contributed by atoms with Gasteiger partial charge in [-0.15, -0.1) is 0 Å². The number of rotatable bonds is 5. The van der Waals surface area contributed by atoms with E-state index < -0.39 is 10.1 Å². The average Bonchev–Trinajstić information content (AvgIpc) is 3.26. The zero-order chi connectivity index (χ0) is 26.6. The smallest absolute Gasteiger partial charge is 0.305 e. The van der Waals surface area contributed by atoms with E-state index in [0.717, 1.165) is 12.1 Å². The summed E-state index contributed by atoms with van der Waals surface area (Å²) in [7, 11) is -0.138. The Bertz CT molecular complexity index is 1650. The zero-order valence-electron chi connectivity index (χ0n) is 21.4. The van der Waals surface area contributed by atoms with E-state index in [1.807, 2.05) is 18.3 Å². The minimum absolute atomic E-state index is 0.178. The van der Waals surface area contributed by atoms with E-state index in [4.69, 9.17) is 0 Å². The van der Waals surface area contributed by atoms with E-state index in [-0.39, 0.29) is 4.90 Å². The minimum Gasteiger partial charge on any atom is -0.744 e. The molecule has 5 rings (SSSR count). The molecule has 0 saturated heterocycles. The second-order valence-electron chi connectivity index (χ2n) is 8.90. The van der Waals surface area contributed by atoms with Gasteiger partial charge in [-0.1, -0.05) is 54.1 Å². The molecule has 4 aromatic carbocycles. The maximum atomic E-state index is 10.4. The number of anilines is 1. The van der Waals surface area contributed by atoms with Crippen LogP contribution in [0.1, 0.15) is 23.1 Å². The molecule has 1 aromatic heterocycles. The number of thiazole rings is 1. The highest BCUT2D eigenvalue weighted by Crippen LogP contribution is 2.33. The van der Waals surface area contributed by atoms with Gasteiger partial charge in [0.1, 0.15) is 15.6 Å². The fourth-order valence-electron chi connectivity index (χ4n) is 4.07. The predicted molar refractivity (Wildman–Crippen MR) is 156 cm³/mol. The molecule has 0 fully saturated rings. The molecule has 0 aliphatic carbocycles.